The van der Waals surface area contributed by atoms with Crippen LogP contribution in [0, 0.1) is 5.92 Å². The number of benzene rings is 2. The van der Waals surface area contributed by atoms with Gasteiger partial charge >= 0.3 is 0 Å². The van der Waals surface area contributed by atoms with Crippen molar-refractivity contribution in [3.63, 3.8) is 0 Å². The number of fused-ring (bicyclic) bond motifs is 1. The van der Waals surface area contributed by atoms with Crippen molar-refractivity contribution in [1.29, 1.82) is 0 Å². The summed E-state index contributed by atoms with van der Waals surface area (Å²) in [5, 5.41) is 0. The highest BCUT2D eigenvalue weighted by Crippen LogP contribution is 2.44. The minimum Gasteiger partial charge on any atom is -0.496 e. The maximum Gasteiger partial charge on any atom is 0.134 e. The standard InChI is InChI=1S/C20H24BrNOS/c1-3-4-8-15-13-22(16-9-6-5-7-10-16)18-11-17(21)19(23-2)12-20(18)24-14-15/h5-7,9-12,15H,3-4,8,13-14H2,1-2H3. The zero-order chi connectivity index (χ0) is 16.9. The Morgan fingerprint density at radius 1 is 1.25 bits per heavy atom. The topological polar surface area (TPSA) is 12.5 Å². The second-order valence-electron chi connectivity index (χ2n) is 6.22. The van der Waals surface area contributed by atoms with Crippen molar-refractivity contribution in [3.05, 3.63) is 46.9 Å². The Bertz CT molecular complexity index is 677. The minimum absolute atomic E-state index is 0.701. The number of para-hydroxylation sites is 1. The van der Waals surface area contributed by atoms with Gasteiger partial charge in [-0.3, -0.25) is 0 Å². The van der Waals surface area contributed by atoms with Crippen LogP contribution in [0.2, 0.25) is 0 Å². The number of methoxy groups -OCH3 is 1. The van der Waals surface area contributed by atoms with Crippen LogP contribution >= 0.6 is 27.7 Å². The van der Waals surface area contributed by atoms with E-state index in [2.05, 4.69) is 70.2 Å². The molecule has 0 bridgehead atoms. The molecule has 0 aliphatic carbocycles. The second-order valence-corrected chi connectivity index (χ2v) is 8.14. The summed E-state index contributed by atoms with van der Waals surface area (Å²) in [7, 11) is 1.73. The van der Waals surface area contributed by atoms with Gasteiger partial charge in [-0.1, -0.05) is 38.0 Å². The highest BCUT2D eigenvalue weighted by Gasteiger charge is 2.24. The summed E-state index contributed by atoms with van der Waals surface area (Å²) in [5.74, 6) is 2.77. The van der Waals surface area contributed by atoms with Gasteiger partial charge in [0.25, 0.3) is 0 Å². The first-order valence-corrected chi connectivity index (χ1v) is 10.3. The molecular formula is C20H24BrNOS. The van der Waals surface area contributed by atoms with Crippen molar-refractivity contribution in [2.45, 2.75) is 31.1 Å². The van der Waals surface area contributed by atoms with Gasteiger partial charge < -0.3 is 9.64 Å². The van der Waals surface area contributed by atoms with Gasteiger partial charge in [-0.25, -0.2) is 0 Å². The number of anilines is 2. The SMILES string of the molecule is CCCCC1CSc2cc(OC)c(Br)cc2N(c2ccccc2)C1. The molecule has 0 fully saturated rings. The van der Waals surface area contributed by atoms with E-state index in [-0.39, 0.29) is 0 Å². The van der Waals surface area contributed by atoms with E-state index < -0.39 is 0 Å². The molecule has 128 valence electrons. The van der Waals surface area contributed by atoms with Crippen molar-refractivity contribution in [1.82, 2.24) is 0 Å². The average molecular weight is 406 g/mol. The van der Waals surface area contributed by atoms with E-state index in [0.29, 0.717) is 5.92 Å². The van der Waals surface area contributed by atoms with E-state index in [4.69, 9.17) is 4.74 Å². The summed E-state index contributed by atoms with van der Waals surface area (Å²) in [6.07, 6.45) is 3.86. The van der Waals surface area contributed by atoms with Gasteiger partial charge in [0.2, 0.25) is 0 Å². The molecule has 1 aliphatic heterocycles. The summed E-state index contributed by atoms with van der Waals surface area (Å²) in [5.41, 5.74) is 2.54. The second kappa shape index (κ2) is 8.30. The van der Waals surface area contributed by atoms with Crippen LogP contribution in [0.3, 0.4) is 0 Å². The number of hydrogen-bond donors (Lipinski definition) is 0. The van der Waals surface area contributed by atoms with Crippen molar-refractivity contribution in [2.24, 2.45) is 5.92 Å². The summed E-state index contributed by atoms with van der Waals surface area (Å²) in [4.78, 5) is 3.78. The molecule has 0 aromatic heterocycles. The third-order valence-corrected chi connectivity index (χ3v) is 6.37. The van der Waals surface area contributed by atoms with Crippen LogP contribution in [0.25, 0.3) is 0 Å². The van der Waals surface area contributed by atoms with Gasteiger partial charge in [0.05, 0.1) is 17.3 Å². The van der Waals surface area contributed by atoms with Crippen LogP contribution in [0.15, 0.2) is 51.8 Å². The van der Waals surface area contributed by atoms with Crippen LogP contribution in [-0.4, -0.2) is 19.4 Å². The Morgan fingerprint density at radius 2 is 2.04 bits per heavy atom. The van der Waals surface area contributed by atoms with Crippen molar-refractivity contribution in [2.75, 3.05) is 24.3 Å². The lowest BCUT2D eigenvalue weighted by Gasteiger charge is -2.28. The molecule has 0 amide bonds. The third-order valence-electron chi connectivity index (χ3n) is 4.47. The number of nitrogens with zero attached hydrogens (tertiary/aromatic N) is 1. The Balaban J connectivity index is 2.00. The monoisotopic (exact) mass is 405 g/mol. The fraction of sp³-hybridized carbons (Fsp3) is 0.400. The number of thioether (sulfide) groups is 1. The zero-order valence-corrected chi connectivity index (χ0v) is 16.7. The molecule has 24 heavy (non-hydrogen) atoms. The van der Waals surface area contributed by atoms with E-state index in [9.17, 15) is 0 Å². The molecule has 1 unspecified atom stereocenters. The Labute approximate surface area is 157 Å². The van der Waals surface area contributed by atoms with Crippen molar-refractivity contribution in [3.8, 4) is 5.75 Å². The molecule has 0 spiro atoms. The molecule has 0 N–H and O–H groups in total. The van der Waals surface area contributed by atoms with Gasteiger partial charge in [-0.15, -0.1) is 11.8 Å². The largest absolute Gasteiger partial charge is 0.496 e. The Kier molecular flexibility index (Phi) is 6.12. The van der Waals surface area contributed by atoms with Crippen LogP contribution in [0.5, 0.6) is 5.75 Å². The van der Waals surface area contributed by atoms with Gasteiger partial charge in [-0.2, -0.15) is 0 Å². The van der Waals surface area contributed by atoms with E-state index >= 15 is 0 Å². The van der Waals surface area contributed by atoms with Gasteiger partial charge in [0.1, 0.15) is 5.75 Å². The Morgan fingerprint density at radius 3 is 2.75 bits per heavy atom. The van der Waals surface area contributed by atoms with E-state index in [1.807, 2.05) is 11.8 Å². The molecule has 2 nitrogen and oxygen atoms in total. The molecule has 1 aliphatic rings. The first kappa shape index (κ1) is 17.7. The number of unbranched alkanes of at least 4 members (excludes halogenated alkanes) is 1. The minimum atomic E-state index is 0.701. The molecule has 1 heterocycles. The molecule has 4 heteroatoms. The van der Waals surface area contributed by atoms with Gasteiger partial charge in [0, 0.05) is 22.9 Å². The fourth-order valence-electron chi connectivity index (χ4n) is 3.14. The number of hydrogen-bond acceptors (Lipinski definition) is 3. The van der Waals surface area contributed by atoms with Crippen LogP contribution in [0.4, 0.5) is 11.4 Å². The molecule has 0 saturated carbocycles. The molecular weight excluding hydrogens is 382 g/mol. The quantitative estimate of drug-likeness (QED) is 0.562. The van der Waals surface area contributed by atoms with Crippen LogP contribution in [0.1, 0.15) is 26.2 Å². The number of halogens is 1. The first-order chi connectivity index (χ1) is 11.7. The average Bonchev–Trinajstić information content (AvgIpc) is 2.79. The van der Waals surface area contributed by atoms with Crippen LogP contribution in [-0.2, 0) is 0 Å². The number of rotatable bonds is 5. The van der Waals surface area contributed by atoms with Gasteiger partial charge in [0.15, 0.2) is 0 Å². The van der Waals surface area contributed by atoms with E-state index in [0.717, 1.165) is 16.8 Å². The maximum absolute atomic E-state index is 5.51. The smallest absolute Gasteiger partial charge is 0.134 e. The predicted octanol–water partition coefficient (Wildman–Crippen LogP) is 6.51. The molecule has 0 saturated heterocycles. The normalized spacial score (nSPS) is 17.3. The molecule has 0 radical (unpaired) electrons. The zero-order valence-electron chi connectivity index (χ0n) is 14.3. The van der Waals surface area contributed by atoms with Crippen molar-refractivity contribution >= 4 is 39.1 Å². The lowest BCUT2D eigenvalue weighted by molar-refractivity contribution is 0.411. The molecule has 3 rings (SSSR count). The van der Waals surface area contributed by atoms with E-state index in [1.165, 1.54) is 41.3 Å². The Hall–Kier alpha value is -1.13. The summed E-state index contributed by atoms with van der Waals surface area (Å²) in [6.45, 7) is 3.35. The molecule has 2 aromatic carbocycles. The van der Waals surface area contributed by atoms with Crippen LogP contribution < -0.4 is 9.64 Å². The van der Waals surface area contributed by atoms with Crippen molar-refractivity contribution < 1.29 is 4.74 Å². The third kappa shape index (κ3) is 3.92. The molecule has 2 aromatic rings. The summed E-state index contributed by atoms with van der Waals surface area (Å²) < 4.78 is 6.52. The highest BCUT2D eigenvalue weighted by atomic mass is 79.9. The van der Waals surface area contributed by atoms with Gasteiger partial charge in [-0.05, 0) is 52.5 Å². The first-order valence-electron chi connectivity index (χ1n) is 8.55. The molecule has 1 atom stereocenters. The summed E-state index contributed by atoms with van der Waals surface area (Å²) >= 11 is 5.62. The highest BCUT2D eigenvalue weighted by molar-refractivity contribution is 9.10. The summed E-state index contributed by atoms with van der Waals surface area (Å²) in [6, 6.07) is 15.1. The number of ether oxygens (including phenoxy) is 1. The maximum atomic E-state index is 5.51. The predicted molar refractivity (Wildman–Crippen MR) is 108 cm³/mol. The lowest BCUT2D eigenvalue weighted by atomic mass is 10.0. The van der Waals surface area contributed by atoms with E-state index in [1.54, 1.807) is 7.11 Å². The fourth-order valence-corrected chi connectivity index (χ4v) is 4.83. The lowest BCUT2D eigenvalue weighted by Crippen LogP contribution is -2.25.